The van der Waals surface area contributed by atoms with Crippen LogP contribution in [-0.4, -0.2) is 29.2 Å². The number of hydrogen-bond donors (Lipinski definition) is 2. The van der Waals surface area contributed by atoms with Crippen molar-refractivity contribution in [3.05, 3.63) is 59.8 Å². The van der Waals surface area contributed by atoms with E-state index in [1.165, 1.54) is 22.1 Å². The van der Waals surface area contributed by atoms with E-state index in [0.717, 1.165) is 43.2 Å². The van der Waals surface area contributed by atoms with E-state index in [0.29, 0.717) is 12.1 Å². The predicted molar refractivity (Wildman–Crippen MR) is 129 cm³/mol. The Bertz CT molecular complexity index is 1200. The van der Waals surface area contributed by atoms with Gasteiger partial charge >= 0.3 is 0 Å². The molecule has 1 aliphatic heterocycles. The second-order valence-electron chi connectivity index (χ2n) is 9.10. The van der Waals surface area contributed by atoms with Gasteiger partial charge in [0.1, 0.15) is 23.0 Å². The highest BCUT2D eigenvalue weighted by Crippen LogP contribution is 2.62. The van der Waals surface area contributed by atoms with Crippen LogP contribution < -0.4 is 5.73 Å². The number of rotatable bonds is 2. The summed E-state index contributed by atoms with van der Waals surface area (Å²) in [5.74, 6) is 0.442. The van der Waals surface area contributed by atoms with Gasteiger partial charge < -0.3 is 13.8 Å². The summed E-state index contributed by atoms with van der Waals surface area (Å²) in [7, 11) is 1.85. The number of nitrogens with one attached hydrogen (secondary N) is 1. The summed E-state index contributed by atoms with van der Waals surface area (Å²) in [6.45, 7) is 0. The summed E-state index contributed by atoms with van der Waals surface area (Å²) in [5, 5.41) is 2.85. The lowest BCUT2D eigenvalue weighted by molar-refractivity contribution is -0.230. The molecule has 1 atom stereocenters. The largest absolute Gasteiger partial charge is 0.368 e. The minimum atomic E-state index is -0.760. The number of nitrogens with two attached hydrogens (primary N) is 1. The Morgan fingerprint density at radius 2 is 1.94 bits per heavy atom. The summed E-state index contributed by atoms with van der Waals surface area (Å²) in [6.07, 6.45) is 7.26. The summed E-state index contributed by atoms with van der Waals surface area (Å²) in [6, 6.07) is 15.4. The van der Waals surface area contributed by atoms with E-state index in [2.05, 4.69) is 47.4 Å². The maximum absolute atomic E-state index is 6.52. The molecule has 2 aromatic carbocycles. The van der Waals surface area contributed by atoms with Gasteiger partial charge in [-0.1, -0.05) is 24.3 Å². The summed E-state index contributed by atoms with van der Waals surface area (Å²) in [5.41, 5.74) is 11.3. The molecule has 2 aliphatic carbocycles. The molecule has 0 amide bonds. The minimum absolute atomic E-state index is 0.0988. The Kier molecular flexibility index (Phi) is 4.39. The van der Waals surface area contributed by atoms with Gasteiger partial charge in [0, 0.05) is 29.7 Å². The molecular weight excluding hydrogens is 503 g/mol. The van der Waals surface area contributed by atoms with Crippen molar-refractivity contribution in [2.75, 3.05) is 7.05 Å². The number of benzene rings is 2. The number of hydroxylamine groups is 2. The SMILES string of the molecule is CN1OC2(N=C1N)c1cc(-c3ccc4cc[nH]c4c3)ccc1CC21CCC(OI)CC1. The van der Waals surface area contributed by atoms with Crippen molar-refractivity contribution < 1.29 is 7.90 Å². The maximum Gasteiger partial charge on any atom is 0.220 e. The van der Waals surface area contributed by atoms with Crippen LogP contribution >= 0.6 is 23.0 Å². The molecule has 3 aromatic rings. The summed E-state index contributed by atoms with van der Waals surface area (Å²) >= 11 is 2.03. The molecule has 6 rings (SSSR count). The number of aromatic nitrogens is 1. The number of aromatic amines is 1. The quantitative estimate of drug-likeness (QED) is 0.458. The molecular formula is C24H25IN4O2. The van der Waals surface area contributed by atoms with E-state index in [1.54, 1.807) is 5.06 Å². The zero-order valence-corrected chi connectivity index (χ0v) is 19.6. The molecule has 0 saturated heterocycles. The van der Waals surface area contributed by atoms with Crippen LogP contribution in [0.1, 0.15) is 36.8 Å². The standard InChI is InChI=1S/C24H25IN4O2/c1-29-22(26)28-24(31-29)20-12-16(17-3-2-15-8-11-27-21(15)13-17)4-5-18(20)14-23(24)9-6-19(30-25)7-10-23/h2-5,8,11-13,19,27H,6-7,9-10,14H2,1H3,(H2,26,28). The molecule has 3 aliphatic rings. The fourth-order valence-corrected chi connectivity index (χ4v) is 6.30. The van der Waals surface area contributed by atoms with Gasteiger partial charge in [0.15, 0.2) is 0 Å². The Labute approximate surface area is 195 Å². The number of aliphatic imine (C=N–C) groups is 1. The van der Waals surface area contributed by atoms with Crippen molar-refractivity contribution in [2.24, 2.45) is 16.1 Å². The van der Waals surface area contributed by atoms with Crippen molar-refractivity contribution in [3.8, 4) is 11.1 Å². The first-order valence-electron chi connectivity index (χ1n) is 10.8. The van der Waals surface area contributed by atoms with E-state index < -0.39 is 5.72 Å². The van der Waals surface area contributed by atoms with Crippen LogP contribution in [0.2, 0.25) is 0 Å². The minimum Gasteiger partial charge on any atom is -0.368 e. The molecule has 2 spiro atoms. The molecule has 6 nitrogen and oxygen atoms in total. The van der Waals surface area contributed by atoms with E-state index in [4.69, 9.17) is 18.6 Å². The van der Waals surface area contributed by atoms with Crippen molar-refractivity contribution >= 4 is 39.9 Å². The average molecular weight is 528 g/mol. The molecule has 0 radical (unpaired) electrons. The molecule has 1 unspecified atom stereocenters. The van der Waals surface area contributed by atoms with Crippen molar-refractivity contribution in [1.29, 1.82) is 0 Å². The van der Waals surface area contributed by atoms with Crippen molar-refractivity contribution in [2.45, 2.75) is 43.9 Å². The number of fused-ring (bicyclic) bond motifs is 4. The van der Waals surface area contributed by atoms with Crippen molar-refractivity contribution in [3.63, 3.8) is 0 Å². The van der Waals surface area contributed by atoms with Crippen LogP contribution in [0.5, 0.6) is 0 Å². The maximum atomic E-state index is 6.52. The first-order valence-corrected chi connectivity index (χ1v) is 11.7. The Morgan fingerprint density at radius 1 is 1.16 bits per heavy atom. The number of H-pyrrole nitrogens is 1. The second kappa shape index (κ2) is 6.95. The Hall–Kier alpha value is -2.10. The molecule has 1 fully saturated rings. The molecule has 1 aromatic heterocycles. The summed E-state index contributed by atoms with van der Waals surface area (Å²) in [4.78, 5) is 14.8. The van der Waals surface area contributed by atoms with Gasteiger partial charge in [-0.05, 0) is 72.4 Å². The smallest absolute Gasteiger partial charge is 0.220 e. The molecule has 3 N–H and O–H groups in total. The lowest BCUT2D eigenvalue weighted by Gasteiger charge is -2.44. The third-order valence-corrected chi connectivity index (χ3v) is 8.21. The normalized spacial score (nSPS) is 29.8. The third kappa shape index (κ3) is 2.79. The van der Waals surface area contributed by atoms with Gasteiger partial charge in [0.25, 0.3) is 0 Å². The lowest BCUT2D eigenvalue weighted by Crippen LogP contribution is -2.46. The number of hydrogen-bond acceptors (Lipinski definition) is 5. The van der Waals surface area contributed by atoms with Crippen LogP contribution in [0.15, 0.2) is 53.7 Å². The van der Waals surface area contributed by atoms with E-state index in [9.17, 15) is 0 Å². The fraction of sp³-hybridized carbons (Fsp3) is 0.375. The molecule has 0 bridgehead atoms. The van der Waals surface area contributed by atoms with Gasteiger partial charge in [-0.25, -0.2) is 14.9 Å². The second-order valence-corrected chi connectivity index (χ2v) is 9.61. The zero-order valence-electron chi connectivity index (χ0n) is 17.4. The van der Waals surface area contributed by atoms with E-state index in [1.807, 2.05) is 36.3 Å². The average Bonchev–Trinajstić information content (AvgIpc) is 3.44. The topological polar surface area (TPSA) is 75.9 Å². The molecule has 7 heteroatoms. The Balaban J connectivity index is 1.47. The van der Waals surface area contributed by atoms with Crippen molar-refractivity contribution in [1.82, 2.24) is 10.0 Å². The van der Waals surface area contributed by atoms with Gasteiger partial charge in [-0.3, -0.25) is 0 Å². The van der Waals surface area contributed by atoms with Crippen LogP contribution in [0.3, 0.4) is 0 Å². The fourth-order valence-electron chi connectivity index (χ4n) is 5.79. The lowest BCUT2D eigenvalue weighted by atomic mass is 9.67. The number of halogens is 1. The highest BCUT2D eigenvalue weighted by atomic mass is 127. The molecule has 160 valence electrons. The van der Waals surface area contributed by atoms with Gasteiger partial charge in [-0.2, -0.15) is 0 Å². The monoisotopic (exact) mass is 528 g/mol. The van der Waals surface area contributed by atoms with Gasteiger partial charge in [0.2, 0.25) is 11.7 Å². The number of nitrogens with zero attached hydrogens (tertiary/aromatic N) is 2. The first kappa shape index (κ1) is 19.6. The van der Waals surface area contributed by atoms with Gasteiger partial charge in [0.05, 0.1) is 6.10 Å². The molecule has 1 saturated carbocycles. The van der Waals surface area contributed by atoms with Crippen LogP contribution in [0, 0.1) is 5.41 Å². The zero-order chi connectivity index (χ0) is 21.2. The number of guanidine groups is 1. The first-order chi connectivity index (χ1) is 15.0. The summed E-state index contributed by atoms with van der Waals surface area (Å²) < 4.78 is 5.63. The highest BCUT2D eigenvalue weighted by molar-refractivity contribution is 14.1. The third-order valence-electron chi connectivity index (χ3n) is 7.49. The molecule has 31 heavy (non-hydrogen) atoms. The van der Waals surface area contributed by atoms with Crippen LogP contribution in [-0.2, 0) is 20.0 Å². The predicted octanol–water partition coefficient (Wildman–Crippen LogP) is 5.03. The van der Waals surface area contributed by atoms with Gasteiger partial charge in [-0.15, -0.1) is 0 Å². The van der Waals surface area contributed by atoms with Crippen LogP contribution in [0.25, 0.3) is 22.0 Å². The molecule has 2 heterocycles. The van der Waals surface area contributed by atoms with Crippen LogP contribution in [0.4, 0.5) is 0 Å². The van der Waals surface area contributed by atoms with E-state index in [-0.39, 0.29) is 5.41 Å². The highest BCUT2D eigenvalue weighted by Gasteiger charge is 2.63. The van der Waals surface area contributed by atoms with E-state index >= 15 is 0 Å². The Morgan fingerprint density at radius 3 is 2.68 bits per heavy atom.